The molecule has 168 valence electrons. The number of alkyl halides is 2. The molecule has 0 saturated heterocycles. The molecule has 0 unspecified atom stereocenters. The molecule has 0 aliphatic heterocycles. The number of carbonyl (C=O) groups is 1. The SMILES string of the molecule is CCOc1ccc(Oc2cc(CNC(=O)c3ccc(OC)c(OC(F)F)c3)ccn2)cc1. The standard InChI is InChI=1S/C23H22F2N2O5/c1-3-30-17-5-7-18(8-6-17)31-21-12-15(10-11-26-21)14-27-22(28)16-4-9-19(29-2)20(13-16)32-23(24)25/h4-13,23H,3,14H2,1-2H3,(H,27,28). The number of hydrogen-bond acceptors (Lipinski definition) is 6. The Morgan fingerprint density at radius 3 is 2.47 bits per heavy atom. The molecule has 0 atom stereocenters. The lowest BCUT2D eigenvalue weighted by molar-refractivity contribution is -0.0512. The summed E-state index contributed by atoms with van der Waals surface area (Å²) in [7, 11) is 1.32. The molecule has 0 spiro atoms. The van der Waals surface area contributed by atoms with Crippen molar-refractivity contribution in [2.45, 2.75) is 20.1 Å². The van der Waals surface area contributed by atoms with Crippen LogP contribution >= 0.6 is 0 Å². The summed E-state index contributed by atoms with van der Waals surface area (Å²) in [6.07, 6.45) is 1.56. The van der Waals surface area contributed by atoms with Gasteiger partial charge >= 0.3 is 6.61 Å². The molecule has 1 aromatic heterocycles. The Kier molecular flexibility index (Phi) is 7.80. The topological polar surface area (TPSA) is 78.9 Å². The predicted octanol–water partition coefficient (Wildman–Crippen LogP) is 4.81. The summed E-state index contributed by atoms with van der Waals surface area (Å²) in [4.78, 5) is 16.6. The van der Waals surface area contributed by atoms with Crippen LogP contribution in [0.4, 0.5) is 8.78 Å². The predicted molar refractivity (Wildman–Crippen MR) is 113 cm³/mol. The van der Waals surface area contributed by atoms with Crippen LogP contribution < -0.4 is 24.3 Å². The Hall–Kier alpha value is -3.88. The molecule has 0 fully saturated rings. The van der Waals surface area contributed by atoms with Crippen molar-refractivity contribution in [3.05, 3.63) is 71.9 Å². The van der Waals surface area contributed by atoms with Gasteiger partial charge in [-0.2, -0.15) is 8.78 Å². The van der Waals surface area contributed by atoms with E-state index in [1.54, 1.807) is 42.6 Å². The van der Waals surface area contributed by atoms with E-state index in [4.69, 9.17) is 14.2 Å². The lowest BCUT2D eigenvalue weighted by Crippen LogP contribution is -2.23. The zero-order valence-corrected chi connectivity index (χ0v) is 17.5. The summed E-state index contributed by atoms with van der Waals surface area (Å²) in [5.41, 5.74) is 0.896. The maximum Gasteiger partial charge on any atom is 0.387 e. The Bertz CT molecular complexity index is 1040. The second-order valence-electron chi connectivity index (χ2n) is 6.44. The van der Waals surface area contributed by atoms with Crippen molar-refractivity contribution in [3.8, 4) is 28.9 Å². The summed E-state index contributed by atoms with van der Waals surface area (Å²) < 4.78 is 45.7. The first-order valence-corrected chi connectivity index (χ1v) is 9.75. The van der Waals surface area contributed by atoms with Gasteiger partial charge in [-0.3, -0.25) is 4.79 Å². The zero-order chi connectivity index (χ0) is 22.9. The first-order valence-electron chi connectivity index (χ1n) is 9.75. The van der Waals surface area contributed by atoms with Gasteiger partial charge in [0, 0.05) is 24.4 Å². The molecule has 0 aliphatic carbocycles. The first-order chi connectivity index (χ1) is 15.5. The second kappa shape index (κ2) is 10.9. The third-order valence-electron chi connectivity index (χ3n) is 4.25. The smallest absolute Gasteiger partial charge is 0.387 e. The molecular formula is C23H22F2N2O5. The van der Waals surface area contributed by atoms with Gasteiger partial charge in [0.2, 0.25) is 5.88 Å². The molecule has 7 nitrogen and oxygen atoms in total. The van der Waals surface area contributed by atoms with Gasteiger partial charge in [-0.25, -0.2) is 4.98 Å². The molecule has 0 bridgehead atoms. The van der Waals surface area contributed by atoms with Gasteiger partial charge in [-0.05, 0) is 61.0 Å². The molecule has 0 saturated carbocycles. The van der Waals surface area contributed by atoms with Gasteiger partial charge < -0.3 is 24.3 Å². The summed E-state index contributed by atoms with van der Waals surface area (Å²) in [6, 6.07) is 14.6. The van der Waals surface area contributed by atoms with Gasteiger partial charge in [-0.1, -0.05) is 0 Å². The largest absolute Gasteiger partial charge is 0.494 e. The number of rotatable bonds is 10. The number of pyridine rings is 1. The van der Waals surface area contributed by atoms with Crippen LogP contribution in [0.1, 0.15) is 22.8 Å². The number of amides is 1. The molecule has 3 aromatic rings. The van der Waals surface area contributed by atoms with E-state index in [2.05, 4.69) is 15.0 Å². The van der Waals surface area contributed by atoms with Gasteiger partial charge in [-0.15, -0.1) is 0 Å². The highest BCUT2D eigenvalue weighted by atomic mass is 19.3. The lowest BCUT2D eigenvalue weighted by atomic mass is 10.1. The monoisotopic (exact) mass is 444 g/mol. The average Bonchev–Trinajstić information content (AvgIpc) is 2.79. The van der Waals surface area contributed by atoms with Crippen LogP contribution in [-0.4, -0.2) is 31.2 Å². The Balaban J connectivity index is 1.62. The van der Waals surface area contributed by atoms with Crippen molar-refractivity contribution in [1.82, 2.24) is 10.3 Å². The van der Waals surface area contributed by atoms with E-state index in [9.17, 15) is 13.6 Å². The van der Waals surface area contributed by atoms with Crippen molar-refractivity contribution < 1.29 is 32.5 Å². The van der Waals surface area contributed by atoms with Crippen LogP contribution in [0, 0.1) is 0 Å². The molecule has 0 aliphatic rings. The number of aromatic nitrogens is 1. The van der Waals surface area contributed by atoms with Crippen molar-refractivity contribution >= 4 is 5.91 Å². The maximum absolute atomic E-state index is 12.6. The molecule has 2 aromatic carbocycles. The van der Waals surface area contributed by atoms with Crippen LogP contribution in [0.3, 0.4) is 0 Å². The zero-order valence-electron chi connectivity index (χ0n) is 17.5. The summed E-state index contributed by atoms with van der Waals surface area (Å²) >= 11 is 0. The molecule has 1 heterocycles. The Labute approximate surface area is 183 Å². The van der Waals surface area contributed by atoms with Crippen LogP contribution in [0.15, 0.2) is 60.8 Å². The van der Waals surface area contributed by atoms with Crippen LogP contribution in [0.25, 0.3) is 0 Å². The molecular weight excluding hydrogens is 422 g/mol. The van der Waals surface area contributed by atoms with E-state index in [0.717, 1.165) is 11.3 Å². The number of halogens is 2. The lowest BCUT2D eigenvalue weighted by Gasteiger charge is -2.12. The fourth-order valence-corrected chi connectivity index (χ4v) is 2.80. The summed E-state index contributed by atoms with van der Waals surface area (Å²) in [6.45, 7) is -0.374. The minimum absolute atomic E-state index is 0.104. The molecule has 3 rings (SSSR count). The molecule has 1 N–H and O–H groups in total. The van der Waals surface area contributed by atoms with Crippen molar-refractivity contribution in [3.63, 3.8) is 0 Å². The fraction of sp³-hybridized carbons (Fsp3) is 0.217. The van der Waals surface area contributed by atoms with E-state index in [1.165, 1.54) is 25.3 Å². The average molecular weight is 444 g/mol. The number of ether oxygens (including phenoxy) is 4. The van der Waals surface area contributed by atoms with Crippen LogP contribution in [0.2, 0.25) is 0 Å². The quantitative estimate of drug-likeness (QED) is 0.483. The van der Waals surface area contributed by atoms with E-state index in [1.807, 2.05) is 6.92 Å². The highest BCUT2D eigenvalue weighted by molar-refractivity contribution is 5.94. The highest BCUT2D eigenvalue weighted by Crippen LogP contribution is 2.29. The number of carbonyl (C=O) groups excluding carboxylic acids is 1. The van der Waals surface area contributed by atoms with E-state index >= 15 is 0 Å². The van der Waals surface area contributed by atoms with Gasteiger partial charge in [0.05, 0.1) is 13.7 Å². The van der Waals surface area contributed by atoms with Crippen molar-refractivity contribution in [1.29, 1.82) is 0 Å². The fourth-order valence-electron chi connectivity index (χ4n) is 2.80. The van der Waals surface area contributed by atoms with Gasteiger partial charge in [0.25, 0.3) is 5.91 Å². The van der Waals surface area contributed by atoms with Crippen LogP contribution in [0.5, 0.6) is 28.9 Å². The number of nitrogens with zero attached hydrogens (tertiary/aromatic N) is 1. The van der Waals surface area contributed by atoms with Gasteiger partial charge in [0.1, 0.15) is 11.5 Å². The van der Waals surface area contributed by atoms with E-state index in [-0.39, 0.29) is 23.6 Å². The van der Waals surface area contributed by atoms with E-state index in [0.29, 0.717) is 18.2 Å². The first kappa shape index (κ1) is 22.8. The molecule has 9 heteroatoms. The minimum atomic E-state index is -3.03. The summed E-state index contributed by atoms with van der Waals surface area (Å²) in [5.74, 6) is 1.12. The molecule has 32 heavy (non-hydrogen) atoms. The van der Waals surface area contributed by atoms with Crippen molar-refractivity contribution in [2.75, 3.05) is 13.7 Å². The minimum Gasteiger partial charge on any atom is -0.494 e. The number of hydrogen-bond donors (Lipinski definition) is 1. The van der Waals surface area contributed by atoms with E-state index < -0.39 is 12.5 Å². The van der Waals surface area contributed by atoms with Crippen LogP contribution in [-0.2, 0) is 6.54 Å². The number of nitrogens with one attached hydrogen (secondary N) is 1. The van der Waals surface area contributed by atoms with Crippen molar-refractivity contribution in [2.24, 2.45) is 0 Å². The third kappa shape index (κ3) is 6.31. The maximum atomic E-state index is 12.6. The third-order valence-corrected chi connectivity index (χ3v) is 4.25. The van der Waals surface area contributed by atoms with Gasteiger partial charge in [0.15, 0.2) is 11.5 Å². The molecule has 0 radical (unpaired) electrons. The second-order valence-corrected chi connectivity index (χ2v) is 6.44. The normalized spacial score (nSPS) is 10.5. The number of benzene rings is 2. The summed E-state index contributed by atoms with van der Waals surface area (Å²) in [5, 5.41) is 2.72. The Morgan fingerprint density at radius 1 is 1.03 bits per heavy atom. The Morgan fingerprint density at radius 2 is 1.78 bits per heavy atom. The number of methoxy groups -OCH3 is 1. The molecule has 1 amide bonds. The highest BCUT2D eigenvalue weighted by Gasteiger charge is 2.14.